The maximum atomic E-state index is 12.8. The van der Waals surface area contributed by atoms with Gasteiger partial charge in [0.2, 0.25) is 0 Å². The maximum absolute atomic E-state index is 12.8. The van der Waals surface area contributed by atoms with Crippen LogP contribution < -0.4 is 11.1 Å². The Morgan fingerprint density at radius 2 is 1.84 bits per heavy atom. The second-order valence-electron chi connectivity index (χ2n) is 3.98. The van der Waals surface area contributed by atoms with Gasteiger partial charge in [-0.2, -0.15) is 13.2 Å². The molecule has 0 saturated heterocycles. The van der Waals surface area contributed by atoms with Crippen molar-refractivity contribution in [1.29, 1.82) is 0 Å². The van der Waals surface area contributed by atoms with Gasteiger partial charge >= 0.3 is 6.18 Å². The quantitative estimate of drug-likeness (QED) is 0.897. The molecule has 1 aromatic heterocycles. The molecule has 1 heterocycles. The largest absolute Gasteiger partial charge is 0.418 e. The third kappa shape index (κ3) is 3.37. The van der Waals surface area contributed by atoms with Crippen LogP contribution in [0.25, 0.3) is 0 Å². The number of nitrogens with two attached hydrogens (primary N) is 1. The Morgan fingerprint density at radius 3 is 2.47 bits per heavy atom. The van der Waals surface area contributed by atoms with E-state index in [4.69, 9.17) is 5.73 Å². The third-order valence-corrected chi connectivity index (χ3v) is 2.54. The molecule has 0 atom stereocenters. The summed E-state index contributed by atoms with van der Waals surface area (Å²) in [5.74, 6) is 0. The number of anilines is 2. The van der Waals surface area contributed by atoms with E-state index in [-0.39, 0.29) is 12.2 Å². The zero-order chi connectivity index (χ0) is 13.9. The topological polar surface area (TPSA) is 50.9 Å². The van der Waals surface area contributed by atoms with Crippen molar-refractivity contribution >= 4 is 11.4 Å². The molecule has 0 aliphatic carbocycles. The van der Waals surface area contributed by atoms with Gasteiger partial charge in [-0.1, -0.05) is 12.1 Å². The number of alkyl halides is 3. The molecule has 2 aromatic rings. The minimum atomic E-state index is -4.38. The number of nitrogens with one attached hydrogen (secondary N) is 1. The van der Waals surface area contributed by atoms with E-state index in [1.165, 1.54) is 18.3 Å². The molecule has 2 rings (SSSR count). The molecule has 0 radical (unpaired) electrons. The van der Waals surface area contributed by atoms with E-state index < -0.39 is 11.7 Å². The molecule has 1 aromatic carbocycles. The Morgan fingerprint density at radius 1 is 1.11 bits per heavy atom. The summed E-state index contributed by atoms with van der Waals surface area (Å²) in [5, 5.41) is 2.73. The van der Waals surface area contributed by atoms with Gasteiger partial charge in [0, 0.05) is 5.69 Å². The molecule has 0 aliphatic rings. The number of halogens is 3. The predicted octanol–water partition coefficient (Wildman–Crippen LogP) is 3.29. The summed E-state index contributed by atoms with van der Waals surface area (Å²) in [6, 6.07) is 8.65. The molecule has 0 spiro atoms. The lowest BCUT2D eigenvalue weighted by Gasteiger charge is -2.14. The second-order valence-corrected chi connectivity index (χ2v) is 3.98. The fourth-order valence-electron chi connectivity index (χ4n) is 1.61. The SMILES string of the molecule is Nc1ccc(CNc2ccccc2C(F)(F)F)nc1. The highest BCUT2D eigenvalue weighted by molar-refractivity contribution is 5.52. The van der Waals surface area contributed by atoms with Gasteiger partial charge in [0.1, 0.15) is 0 Å². The van der Waals surface area contributed by atoms with Gasteiger partial charge in [-0.05, 0) is 24.3 Å². The van der Waals surface area contributed by atoms with Gasteiger partial charge in [-0.25, -0.2) is 0 Å². The van der Waals surface area contributed by atoms with Crippen molar-refractivity contribution in [3.8, 4) is 0 Å². The number of nitrogen functional groups attached to an aromatic ring is 1. The molecule has 0 aliphatic heterocycles. The standard InChI is InChI=1S/C13H12F3N3/c14-13(15,16)11-3-1-2-4-12(11)19-8-10-6-5-9(17)7-18-10/h1-7,19H,8,17H2. The smallest absolute Gasteiger partial charge is 0.397 e. The number of hydrogen-bond donors (Lipinski definition) is 2. The fraction of sp³-hybridized carbons (Fsp3) is 0.154. The van der Waals surface area contributed by atoms with E-state index in [0.717, 1.165) is 6.07 Å². The number of pyridine rings is 1. The van der Waals surface area contributed by atoms with Gasteiger partial charge in [0.05, 0.1) is 29.7 Å². The van der Waals surface area contributed by atoms with Gasteiger partial charge in [0.15, 0.2) is 0 Å². The number of aromatic nitrogens is 1. The van der Waals surface area contributed by atoms with Crippen molar-refractivity contribution in [3.05, 3.63) is 53.9 Å². The summed E-state index contributed by atoms with van der Waals surface area (Å²) < 4.78 is 38.3. The zero-order valence-corrected chi connectivity index (χ0v) is 9.91. The molecule has 0 bridgehead atoms. The third-order valence-electron chi connectivity index (χ3n) is 2.54. The molecular formula is C13H12F3N3. The second kappa shape index (κ2) is 5.17. The first-order valence-corrected chi connectivity index (χ1v) is 5.57. The average molecular weight is 267 g/mol. The maximum Gasteiger partial charge on any atom is 0.418 e. The lowest BCUT2D eigenvalue weighted by molar-refractivity contribution is -0.136. The zero-order valence-electron chi connectivity index (χ0n) is 9.91. The van der Waals surface area contributed by atoms with Crippen LogP contribution in [0.2, 0.25) is 0 Å². The molecule has 0 saturated carbocycles. The Balaban J connectivity index is 2.14. The van der Waals surface area contributed by atoms with Crippen LogP contribution in [0.1, 0.15) is 11.3 Å². The normalized spacial score (nSPS) is 11.3. The van der Waals surface area contributed by atoms with E-state index in [1.54, 1.807) is 18.2 Å². The van der Waals surface area contributed by atoms with Crippen molar-refractivity contribution in [3.63, 3.8) is 0 Å². The highest BCUT2D eigenvalue weighted by Gasteiger charge is 2.32. The van der Waals surface area contributed by atoms with Crippen molar-refractivity contribution in [2.45, 2.75) is 12.7 Å². The molecule has 6 heteroatoms. The summed E-state index contributed by atoms with van der Waals surface area (Å²) in [6.45, 7) is 0.202. The Labute approximate surface area is 108 Å². The van der Waals surface area contributed by atoms with Crippen LogP contribution in [0.15, 0.2) is 42.6 Å². The fourth-order valence-corrected chi connectivity index (χ4v) is 1.61. The number of benzene rings is 1. The van der Waals surface area contributed by atoms with Gasteiger partial charge in [-0.15, -0.1) is 0 Å². The number of nitrogens with zero attached hydrogens (tertiary/aromatic N) is 1. The van der Waals surface area contributed by atoms with Crippen LogP contribution >= 0.6 is 0 Å². The first kappa shape index (κ1) is 13.2. The molecule has 3 N–H and O–H groups in total. The minimum Gasteiger partial charge on any atom is -0.397 e. The number of para-hydroxylation sites is 1. The highest BCUT2D eigenvalue weighted by Crippen LogP contribution is 2.34. The van der Waals surface area contributed by atoms with E-state index >= 15 is 0 Å². The van der Waals surface area contributed by atoms with Crippen LogP contribution in [0.4, 0.5) is 24.5 Å². The summed E-state index contributed by atoms with van der Waals surface area (Å²) in [4.78, 5) is 4.02. The number of rotatable bonds is 3. The first-order valence-electron chi connectivity index (χ1n) is 5.57. The molecule has 0 amide bonds. The molecule has 19 heavy (non-hydrogen) atoms. The summed E-state index contributed by atoms with van der Waals surface area (Å²) in [6.07, 6.45) is -2.91. The van der Waals surface area contributed by atoms with E-state index in [9.17, 15) is 13.2 Å². The Hall–Kier alpha value is -2.24. The first-order chi connectivity index (χ1) is 8.97. The molecule has 3 nitrogen and oxygen atoms in total. The number of hydrogen-bond acceptors (Lipinski definition) is 3. The van der Waals surface area contributed by atoms with Crippen LogP contribution in [0.5, 0.6) is 0 Å². The van der Waals surface area contributed by atoms with Gasteiger partial charge in [0.25, 0.3) is 0 Å². The van der Waals surface area contributed by atoms with Gasteiger partial charge in [-0.3, -0.25) is 4.98 Å². The Bertz CT molecular complexity index is 550. The average Bonchev–Trinajstić information content (AvgIpc) is 2.37. The predicted molar refractivity (Wildman–Crippen MR) is 67.4 cm³/mol. The molecule has 0 unspecified atom stereocenters. The monoisotopic (exact) mass is 267 g/mol. The van der Waals surface area contributed by atoms with Crippen LogP contribution in [0.3, 0.4) is 0 Å². The van der Waals surface area contributed by atoms with E-state index in [2.05, 4.69) is 10.3 Å². The minimum absolute atomic E-state index is 0.0358. The van der Waals surface area contributed by atoms with Crippen LogP contribution in [-0.2, 0) is 12.7 Å². The van der Waals surface area contributed by atoms with E-state index in [0.29, 0.717) is 11.4 Å². The van der Waals surface area contributed by atoms with Gasteiger partial charge < -0.3 is 11.1 Å². The van der Waals surface area contributed by atoms with Crippen molar-refractivity contribution in [2.75, 3.05) is 11.1 Å². The molecular weight excluding hydrogens is 255 g/mol. The molecule has 100 valence electrons. The van der Waals surface area contributed by atoms with Crippen molar-refractivity contribution in [2.24, 2.45) is 0 Å². The highest BCUT2D eigenvalue weighted by atomic mass is 19.4. The van der Waals surface area contributed by atoms with Crippen molar-refractivity contribution < 1.29 is 13.2 Å². The lowest BCUT2D eigenvalue weighted by atomic mass is 10.1. The van der Waals surface area contributed by atoms with Crippen molar-refractivity contribution in [1.82, 2.24) is 4.98 Å². The summed E-state index contributed by atoms with van der Waals surface area (Å²) >= 11 is 0. The summed E-state index contributed by atoms with van der Waals surface area (Å²) in [5.41, 5.74) is 5.96. The summed E-state index contributed by atoms with van der Waals surface area (Å²) in [7, 11) is 0. The lowest BCUT2D eigenvalue weighted by Crippen LogP contribution is -2.11. The molecule has 0 fully saturated rings. The van der Waals surface area contributed by atoms with Crippen LogP contribution in [0, 0.1) is 0 Å². The Kier molecular flexibility index (Phi) is 3.59. The van der Waals surface area contributed by atoms with Crippen LogP contribution in [-0.4, -0.2) is 4.98 Å². The van der Waals surface area contributed by atoms with E-state index in [1.807, 2.05) is 0 Å².